The highest BCUT2D eigenvalue weighted by atomic mass is 32.1. The zero-order chi connectivity index (χ0) is 18.5. The molecule has 0 aliphatic carbocycles. The van der Waals surface area contributed by atoms with Crippen LogP contribution in [0.2, 0.25) is 0 Å². The number of anilines is 3. The number of carbonyl (C=O) groups excluding carboxylic acids is 1. The Kier molecular flexibility index (Phi) is 5.73. The van der Waals surface area contributed by atoms with Crippen LogP contribution >= 0.6 is 11.3 Å². The second-order valence-electron chi connectivity index (χ2n) is 6.84. The molecule has 0 atom stereocenters. The van der Waals surface area contributed by atoms with Gasteiger partial charge in [0, 0.05) is 45.3 Å². The van der Waals surface area contributed by atoms with E-state index in [1.54, 1.807) is 11.8 Å². The van der Waals surface area contributed by atoms with E-state index in [2.05, 4.69) is 46.2 Å². The van der Waals surface area contributed by atoms with Gasteiger partial charge in [0.15, 0.2) is 0 Å². The molecule has 4 heterocycles. The maximum atomic E-state index is 12.1. The van der Waals surface area contributed by atoms with Crippen molar-refractivity contribution in [2.45, 2.75) is 19.3 Å². The average molecular weight is 389 g/mol. The minimum atomic E-state index is -0.0466. The maximum Gasteiger partial charge on any atom is 0.240 e. The minimum absolute atomic E-state index is 0.0466. The van der Waals surface area contributed by atoms with Gasteiger partial charge in [0.05, 0.1) is 6.54 Å². The Balaban J connectivity index is 1.29. The van der Waals surface area contributed by atoms with Crippen molar-refractivity contribution in [2.24, 2.45) is 0 Å². The van der Waals surface area contributed by atoms with Gasteiger partial charge < -0.3 is 9.80 Å². The standard InChI is InChI=1S/C17H24N8OS/c26-16(21-17-22-20-13-27-17)11-23-6-8-25(9-7-23)15-10-14(18-12-19-15)24-4-2-1-3-5-24/h10,12-13H,1-9,11H2,(H,21,22,26). The first-order chi connectivity index (χ1) is 13.3. The average Bonchev–Trinajstić information content (AvgIpc) is 3.22. The van der Waals surface area contributed by atoms with Crippen molar-refractivity contribution in [1.82, 2.24) is 25.1 Å². The summed E-state index contributed by atoms with van der Waals surface area (Å²) in [6.45, 7) is 5.88. The van der Waals surface area contributed by atoms with Gasteiger partial charge in [0.1, 0.15) is 23.5 Å². The largest absolute Gasteiger partial charge is 0.356 e. The summed E-state index contributed by atoms with van der Waals surface area (Å²) in [6.07, 6.45) is 5.44. The molecule has 0 saturated carbocycles. The monoisotopic (exact) mass is 388 g/mol. The van der Waals surface area contributed by atoms with E-state index < -0.39 is 0 Å². The van der Waals surface area contributed by atoms with Crippen LogP contribution < -0.4 is 15.1 Å². The Hall–Kier alpha value is -2.33. The van der Waals surface area contributed by atoms with Gasteiger partial charge in [-0.25, -0.2) is 9.97 Å². The molecule has 144 valence electrons. The predicted molar refractivity (Wildman–Crippen MR) is 105 cm³/mol. The third-order valence-corrected chi connectivity index (χ3v) is 5.59. The number of nitrogens with zero attached hydrogens (tertiary/aromatic N) is 7. The lowest BCUT2D eigenvalue weighted by molar-refractivity contribution is -0.117. The van der Waals surface area contributed by atoms with E-state index in [4.69, 9.17) is 0 Å². The molecule has 2 fully saturated rings. The van der Waals surface area contributed by atoms with Crippen molar-refractivity contribution in [3.63, 3.8) is 0 Å². The Morgan fingerprint density at radius 3 is 2.37 bits per heavy atom. The molecule has 0 bridgehead atoms. The van der Waals surface area contributed by atoms with Gasteiger partial charge in [-0.3, -0.25) is 15.0 Å². The Morgan fingerprint density at radius 2 is 1.70 bits per heavy atom. The number of hydrogen-bond acceptors (Lipinski definition) is 9. The number of carbonyl (C=O) groups is 1. The first kappa shape index (κ1) is 18.1. The summed E-state index contributed by atoms with van der Waals surface area (Å²) < 4.78 is 0. The second-order valence-corrected chi connectivity index (χ2v) is 7.67. The molecule has 27 heavy (non-hydrogen) atoms. The van der Waals surface area contributed by atoms with Crippen LogP contribution in [0, 0.1) is 0 Å². The van der Waals surface area contributed by atoms with E-state index in [9.17, 15) is 4.79 Å². The van der Waals surface area contributed by atoms with Gasteiger partial charge in [-0.2, -0.15) is 0 Å². The molecule has 0 radical (unpaired) electrons. The molecule has 0 unspecified atom stereocenters. The highest BCUT2D eigenvalue weighted by Crippen LogP contribution is 2.22. The van der Waals surface area contributed by atoms with Crippen molar-refractivity contribution in [3.8, 4) is 0 Å². The molecule has 1 amide bonds. The summed E-state index contributed by atoms with van der Waals surface area (Å²) in [5, 5.41) is 10.9. The summed E-state index contributed by atoms with van der Waals surface area (Å²) in [5.41, 5.74) is 1.61. The van der Waals surface area contributed by atoms with Crippen molar-refractivity contribution in [1.29, 1.82) is 0 Å². The summed E-state index contributed by atoms with van der Waals surface area (Å²) >= 11 is 1.32. The second kappa shape index (κ2) is 8.57. The number of piperidine rings is 1. The van der Waals surface area contributed by atoms with E-state index in [0.717, 1.165) is 50.9 Å². The van der Waals surface area contributed by atoms with Crippen LogP contribution in [0.4, 0.5) is 16.8 Å². The van der Waals surface area contributed by atoms with Gasteiger partial charge in [-0.05, 0) is 19.3 Å². The lowest BCUT2D eigenvalue weighted by atomic mass is 10.1. The van der Waals surface area contributed by atoms with E-state index in [1.165, 1.54) is 30.6 Å². The molecule has 2 aromatic heterocycles. The number of hydrogen-bond donors (Lipinski definition) is 1. The van der Waals surface area contributed by atoms with Gasteiger partial charge in [0.2, 0.25) is 11.0 Å². The molecule has 4 rings (SSSR count). The van der Waals surface area contributed by atoms with Gasteiger partial charge in [0.25, 0.3) is 0 Å². The Labute approximate surface area is 162 Å². The molecule has 10 heteroatoms. The van der Waals surface area contributed by atoms with Crippen LogP contribution in [-0.4, -0.2) is 76.8 Å². The topological polar surface area (TPSA) is 90.4 Å². The smallest absolute Gasteiger partial charge is 0.240 e. The molecule has 2 saturated heterocycles. The molecule has 9 nitrogen and oxygen atoms in total. The fourth-order valence-corrected chi connectivity index (χ4v) is 3.99. The Morgan fingerprint density at radius 1 is 1.00 bits per heavy atom. The number of rotatable bonds is 5. The fourth-order valence-electron chi connectivity index (χ4n) is 3.53. The van der Waals surface area contributed by atoms with Crippen molar-refractivity contribution in [2.75, 3.05) is 60.9 Å². The van der Waals surface area contributed by atoms with Crippen LogP contribution in [0.15, 0.2) is 17.9 Å². The summed E-state index contributed by atoms with van der Waals surface area (Å²) in [7, 11) is 0. The SMILES string of the molecule is O=C(CN1CCN(c2cc(N3CCCCC3)ncn2)CC1)Nc1nncs1. The van der Waals surface area contributed by atoms with Crippen LogP contribution in [0.3, 0.4) is 0 Å². The number of piperazine rings is 1. The van der Waals surface area contributed by atoms with E-state index >= 15 is 0 Å². The fraction of sp³-hybridized carbons (Fsp3) is 0.588. The van der Waals surface area contributed by atoms with Crippen molar-refractivity contribution in [3.05, 3.63) is 17.9 Å². The number of amides is 1. The Bertz CT molecular complexity index is 741. The molecule has 2 aliphatic heterocycles. The highest BCUT2D eigenvalue weighted by Gasteiger charge is 2.21. The molecule has 1 N–H and O–H groups in total. The lowest BCUT2D eigenvalue weighted by Crippen LogP contribution is -2.49. The lowest BCUT2D eigenvalue weighted by Gasteiger charge is -2.35. The summed E-state index contributed by atoms with van der Waals surface area (Å²) in [6, 6.07) is 2.10. The number of aromatic nitrogens is 4. The van der Waals surface area contributed by atoms with Gasteiger partial charge in [-0.1, -0.05) is 11.3 Å². The normalized spacial score (nSPS) is 18.5. The quantitative estimate of drug-likeness (QED) is 0.814. The molecular formula is C17H24N8OS. The van der Waals surface area contributed by atoms with Gasteiger partial charge >= 0.3 is 0 Å². The zero-order valence-electron chi connectivity index (χ0n) is 15.3. The highest BCUT2D eigenvalue weighted by molar-refractivity contribution is 7.13. The third-order valence-electron chi connectivity index (χ3n) is 4.99. The van der Waals surface area contributed by atoms with E-state index in [-0.39, 0.29) is 5.91 Å². The van der Waals surface area contributed by atoms with Crippen LogP contribution in [0.1, 0.15) is 19.3 Å². The molecule has 0 aromatic carbocycles. The van der Waals surface area contributed by atoms with E-state index in [1.807, 2.05) is 0 Å². The van der Waals surface area contributed by atoms with Crippen molar-refractivity contribution >= 4 is 34.0 Å². The first-order valence-corrected chi connectivity index (χ1v) is 10.3. The van der Waals surface area contributed by atoms with Crippen LogP contribution in [0.5, 0.6) is 0 Å². The van der Waals surface area contributed by atoms with Crippen LogP contribution in [0.25, 0.3) is 0 Å². The molecule has 2 aromatic rings. The van der Waals surface area contributed by atoms with Crippen molar-refractivity contribution < 1.29 is 4.79 Å². The summed E-state index contributed by atoms with van der Waals surface area (Å²) in [5.74, 6) is 1.96. The minimum Gasteiger partial charge on any atom is -0.356 e. The zero-order valence-corrected chi connectivity index (χ0v) is 16.1. The number of nitrogens with one attached hydrogen (secondary N) is 1. The molecule has 2 aliphatic rings. The molecule has 0 spiro atoms. The predicted octanol–water partition coefficient (Wildman–Crippen LogP) is 1.08. The maximum absolute atomic E-state index is 12.1. The summed E-state index contributed by atoms with van der Waals surface area (Å²) in [4.78, 5) is 27.8. The van der Waals surface area contributed by atoms with Gasteiger partial charge in [-0.15, -0.1) is 10.2 Å². The van der Waals surface area contributed by atoms with Crippen LogP contribution in [-0.2, 0) is 4.79 Å². The third kappa shape index (κ3) is 4.69. The molecular weight excluding hydrogens is 364 g/mol. The van der Waals surface area contributed by atoms with E-state index in [0.29, 0.717) is 11.7 Å². The first-order valence-electron chi connectivity index (χ1n) is 9.38.